The number of aromatic nitrogens is 2. The molecule has 0 aliphatic heterocycles. The first kappa shape index (κ1) is 15.3. The second-order valence-electron chi connectivity index (χ2n) is 5.44. The van der Waals surface area contributed by atoms with E-state index in [4.69, 9.17) is 4.74 Å². The monoisotopic (exact) mass is 286 g/mol. The van der Waals surface area contributed by atoms with Crippen molar-refractivity contribution in [2.24, 2.45) is 5.92 Å². The van der Waals surface area contributed by atoms with Gasteiger partial charge >= 0.3 is 5.97 Å². The SMILES string of the molecule is CCOC(=O)Cc1cc(-c2ccccc2)n(CC(C)C)n1. The van der Waals surface area contributed by atoms with Crippen LogP contribution >= 0.6 is 0 Å². The molecular formula is C17H22N2O2. The van der Waals surface area contributed by atoms with Crippen LogP contribution in [-0.2, 0) is 22.5 Å². The third kappa shape index (κ3) is 4.18. The Morgan fingerprint density at radius 3 is 2.62 bits per heavy atom. The summed E-state index contributed by atoms with van der Waals surface area (Å²) in [6, 6.07) is 12.1. The zero-order chi connectivity index (χ0) is 15.2. The van der Waals surface area contributed by atoms with Gasteiger partial charge in [0.25, 0.3) is 0 Å². The van der Waals surface area contributed by atoms with E-state index in [0.29, 0.717) is 12.5 Å². The molecule has 0 aliphatic carbocycles. The number of nitrogens with zero attached hydrogens (tertiary/aromatic N) is 2. The first-order valence-electron chi connectivity index (χ1n) is 7.38. The predicted molar refractivity (Wildman–Crippen MR) is 82.8 cm³/mol. The molecule has 0 amide bonds. The lowest BCUT2D eigenvalue weighted by atomic mass is 10.1. The van der Waals surface area contributed by atoms with E-state index >= 15 is 0 Å². The fourth-order valence-electron chi connectivity index (χ4n) is 2.24. The molecule has 21 heavy (non-hydrogen) atoms. The molecule has 0 N–H and O–H groups in total. The first-order chi connectivity index (χ1) is 10.1. The summed E-state index contributed by atoms with van der Waals surface area (Å²) in [5, 5.41) is 4.56. The van der Waals surface area contributed by atoms with Crippen molar-refractivity contribution in [1.82, 2.24) is 9.78 Å². The fourth-order valence-corrected chi connectivity index (χ4v) is 2.24. The van der Waals surface area contributed by atoms with Crippen LogP contribution in [0.2, 0.25) is 0 Å². The lowest BCUT2D eigenvalue weighted by Gasteiger charge is -2.09. The van der Waals surface area contributed by atoms with E-state index in [-0.39, 0.29) is 12.4 Å². The van der Waals surface area contributed by atoms with Gasteiger partial charge in [-0.2, -0.15) is 5.10 Å². The molecular weight excluding hydrogens is 264 g/mol. The second-order valence-corrected chi connectivity index (χ2v) is 5.44. The van der Waals surface area contributed by atoms with E-state index in [1.54, 1.807) is 0 Å². The standard InChI is InChI=1S/C17H22N2O2/c1-4-21-17(20)11-15-10-16(14-8-6-5-7-9-14)19(18-15)12-13(2)3/h5-10,13H,4,11-12H2,1-3H3. The number of esters is 1. The number of rotatable bonds is 6. The van der Waals surface area contributed by atoms with Gasteiger partial charge in [-0.15, -0.1) is 0 Å². The maximum Gasteiger partial charge on any atom is 0.311 e. The Morgan fingerprint density at radius 1 is 1.29 bits per heavy atom. The van der Waals surface area contributed by atoms with E-state index < -0.39 is 0 Å². The van der Waals surface area contributed by atoms with Crippen molar-refractivity contribution in [1.29, 1.82) is 0 Å². The molecule has 0 unspecified atom stereocenters. The highest BCUT2D eigenvalue weighted by molar-refractivity contribution is 5.72. The molecule has 0 spiro atoms. The van der Waals surface area contributed by atoms with Gasteiger partial charge in [0.15, 0.2) is 0 Å². The van der Waals surface area contributed by atoms with Crippen molar-refractivity contribution in [2.75, 3.05) is 6.61 Å². The molecule has 2 aromatic rings. The number of carbonyl (C=O) groups is 1. The summed E-state index contributed by atoms with van der Waals surface area (Å²) in [7, 11) is 0. The van der Waals surface area contributed by atoms with Crippen molar-refractivity contribution in [3.05, 3.63) is 42.1 Å². The predicted octanol–water partition coefficient (Wildman–Crippen LogP) is 3.31. The van der Waals surface area contributed by atoms with Crippen molar-refractivity contribution >= 4 is 5.97 Å². The Balaban J connectivity index is 2.29. The average molecular weight is 286 g/mol. The summed E-state index contributed by atoms with van der Waals surface area (Å²) >= 11 is 0. The zero-order valence-corrected chi connectivity index (χ0v) is 12.9. The highest BCUT2D eigenvalue weighted by Gasteiger charge is 2.14. The molecule has 0 radical (unpaired) electrons. The zero-order valence-electron chi connectivity index (χ0n) is 12.9. The second kappa shape index (κ2) is 7.07. The molecule has 0 atom stereocenters. The minimum absolute atomic E-state index is 0.221. The van der Waals surface area contributed by atoms with Crippen LogP contribution in [0.3, 0.4) is 0 Å². The Kier molecular flexibility index (Phi) is 5.14. The van der Waals surface area contributed by atoms with Gasteiger partial charge in [-0.25, -0.2) is 0 Å². The lowest BCUT2D eigenvalue weighted by molar-refractivity contribution is -0.142. The van der Waals surface area contributed by atoms with E-state index in [2.05, 4.69) is 31.1 Å². The van der Waals surface area contributed by atoms with Gasteiger partial charge in [-0.3, -0.25) is 9.48 Å². The van der Waals surface area contributed by atoms with Gasteiger partial charge < -0.3 is 4.74 Å². The maximum atomic E-state index is 11.6. The quantitative estimate of drug-likeness (QED) is 0.765. The van der Waals surface area contributed by atoms with Gasteiger partial charge in [0.2, 0.25) is 0 Å². The van der Waals surface area contributed by atoms with Crippen LogP contribution in [0.4, 0.5) is 0 Å². The smallest absolute Gasteiger partial charge is 0.311 e. The van der Waals surface area contributed by atoms with Gasteiger partial charge in [0.1, 0.15) is 0 Å². The summed E-state index contributed by atoms with van der Waals surface area (Å²) in [6.45, 7) is 7.34. The van der Waals surface area contributed by atoms with Crippen LogP contribution in [-0.4, -0.2) is 22.4 Å². The largest absolute Gasteiger partial charge is 0.466 e. The molecule has 1 heterocycles. The van der Waals surface area contributed by atoms with Gasteiger partial charge in [0.05, 0.1) is 24.4 Å². The minimum atomic E-state index is -0.230. The van der Waals surface area contributed by atoms with Crippen molar-refractivity contribution in [3.8, 4) is 11.3 Å². The molecule has 0 fully saturated rings. The van der Waals surface area contributed by atoms with Gasteiger partial charge in [-0.1, -0.05) is 44.2 Å². The molecule has 4 nitrogen and oxygen atoms in total. The van der Waals surface area contributed by atoms with E-state index in [9.17, 15) is 4.79 Å². The van der Waals surface area contributed by atoms with Crippen LogP contribution < -0.4 is 0 Å². The Morgan fingerprint density at radius 2 is 2.00 bits per heavy atom. The van der Waals surface area contributed by atoms with Crippen molar-refractivity contribution in [2.45, 2.75) is 33.7 Å². The highest BCUT2D eigenvalue weighted by atomic mass is 16.5. The van der Waals surface area contributed by atoms with Crippen LogP contribution in [0, 0.1) is 5.92 Å². The molecule has 0 saturated heterocycles. The van der Waals surface area contributed by atoms with Crippen molar-refractivity contribution < 1.29 is 9.53 Å². The molecule has 2 rings (SSSR count). The molecule has 0 bridgehead atoms. The van der Waals surface area contributed by atoms with E-state index in [0.717, 1.165) is 23.5 Å². The summed E-state index contributed by atoms with van der Waals surface area (Å²) in [4.78, 5) is 11.6. The van der Waals surface area contributed by atoms with Crippen LogP contribution in [0.1, 0.15) is 26.5 Å². The Bertz CT molecular complexity index is 588. The number of carbonyl (C=O) groups excluding carboxylic acids is 1. The third-order valence-corrected chi connectivity index (χ3v) is 3.07. The molecule has 1 aromatic carbocycles. The van der Waals surface area contributed by atoms with Crippen LogP contribution in [0.25, 0.3) is 11.3 Å². The third-order valence-electron chi connectivity index (χ3n) is 3.07. The lowest BCUT2D eigenvalue weighted by Crippen LogP contribution is -2.10. The number of hydrogen-bond acceptors (Lipinski definition) is 3. The van der Waals surface area contributed by atoms with E-state index in [1.165, 1.54) is 0 Å². The molecule has 1 aromatic heterocycles. The van der Waals surface area contributed by atoms with Gasteiger partial charge in [0, 0.05) is 6.54 Å². The van der Waals surface area contributed by atoms with E-state index in [1.807, 2.05) is 35.9 Å². The Labute approximate surface area is 125 Å². The summed E-state index contributed by atoms with van der Waals surface area (Å²) in [5.41, 5.74) is 2.91. The summed E-state index contributed by atoms with van der Waals surface area (Å²) in [5.74, 6) is 0.258. The topological polar surface area (TPSA) is 44.1 Å². The molecule has 0 aliphatic rings. The average Bonchev–Trinajstić information content (AvgIpc) is 2.81. The van der Waals surface area contributed by atoms with Crippen molar-refractivity contribution in [3.63, 3.8) is 0 Å². The summed E-state index contributed by atoms with van der Waals surface area (Å²) < 4.78 is 6.97. The number of benzene rings is 1. The first-order valence-corrected chi connectivity index (χ1v) is 7.38. The maximum absolute atomic E-state index is 11.6. The summed E-state index contributed by atoms with van der Waals surface area (Å²) in [6.07, 6.45) is 0.221. The highest BCUT2D eigenvalue weighted by Crippen LogP contribution is 2.21. The van der Waals surface area contributed by atoms with Crippen LogP contribution in [0.5, 0.6) is 0 Å². The Hall–Kier alpha value is -2.10. The normalized spacial score (nSPS) is 10.9. The van der Waals surface area contributed by atoms with Crippen LogP contribution in [0.15, 0.2) is 36.4 Å². The number of ether oxygens (including phenoxy) is 1. The molecule has 4 heteroatoms. The van der Waals surface area contributed by atoms with Gasteiger partial charge in [-0.05, 0) is 24.5 Å². The fraction of sp³-hybridized carbons (Fsp3) is 0.412. The number of hydrogen-bond donors (Lipinski definition) is 0. The molecule has 0 saturated carbocycles. The molecule has 112 valence electrons. The minimum Gasteiger partial charge on any atom is -0.466 e.